The third-order valence-corrected chi connectivity index (χ3v) is 2.52. The number of ketones is 1. The molecule has 1 aromatic carbocycles. The summed E-state index contributed by atoms with van der Waals surface area (Å²) < 4.78 is 0. The molecule has 0 fully saturated rings. The molecule has 1 rings (SSSR count). The van der Waals surface area contributed by atoms with Gasteiger partial charge < -0.3 is 9.59 Å². The van der Waals surface area contributed by atoms with Gasteiger partial charge in [-0.05, 0) is 18.4 Å². The van der Waals surface area contributed by atoms with Crippen LogP contribution >= 0.6 is 0 Å². The summed E-state index contributed by atoms with van der Waals surface area (Å²) >= 11 is 0. The van der Waals surface area contributed by atoms with E-state index in [1.54, 1.807) is 13.8 Å². The van der Waals surface area contributed by atoms with Crippen LogP contribution in [0.2, 0.25) is 0 Å². The molecule has 3 heteroatoms. The van der Waals surface area contributed by atoms with Crippen molar-refractivity contribution in [1.82, 2.24) is 0 Å². The first kappa shape index (κ1) is 15.7. The fourth-order valence-corrected chi connectivity index (χ4v) is 1.68. The predicted octanol–water partition coefficient (Wildman–Crippen LogP) is 2.49. The van der Waals surface area contributed by atoms with Gasteiger partial charge >= 0.3 is 0 Å². The molecule has 0 aliphatic heterocycles. The van der Waals surface area contributed by atoms with Crippen molar-refractivity contribution >= 4 is 12.1 Å². The molecule has 1 radical (unpaired) electrons. The molecule has 2 nitrogen and oxygen atoms in total. The fraction of sp³-hybridized carbons (Fsp3) is 0.385. The number of carbonyl (C=O) groups excluding carboxylic acids is 2. The Morgan fingerprint density at radius 2 is 1.88 bits per heavy atom. The van der Waals surface area contributed by atoms with E-state index in [0.717, 1.165) is 5.56 Å². The molecule has 0 aromatic heterocycles. The summed E-state index contributed by atoms with van der Waals surface area (Å²) in [4.78, 5) is 21.8. The van der Waals surface area contributed by atoms with E-state index in [2.05, 4.69) is 0 Å². The van der Waals surface area contributed by atoms with E-state index >= 15 is 0 Å². The van der Waals surface area contributed by atoms with Crippen LogP contribution in [0.25, 0.3) is 0 Å². The van der Waals surface area contributed by atoms with E-state index < -0.39 is 0 Å². The summed E-state index contributed by atoms with van der Waals surface area (Å²) in [5.41, 5.74) is 1.03. The van der Waals surface area contributed by atoms with Gasteiger partial charge in [0.05, 0.1) is 0 Å². The normalized spacial score (nSPS) is 13.4. The molecule has 0 amide bonds. The molecule has 0 spiro atoms. The average molecular weight is 292 g/mol. The number of hydrogen-bond donors (Lipinski definition) is 0. The van der Waals surface area contributed by atoms with Crippen LogP contribution in [0.5, 0.6) is 0 Å². The van der Waals surface area contributed by atoms with Gasteiger partial charge in [0.1, 0.15) is 5.78 Å². The molecule has 1 aromatic rings. The summed E-state index contributed by atoms with van der Waals surface area (Å²) in [6, 6.07) is 9.65. The Kier molecular flexibility index (Phi) is 7.69. The molecule has 0 saturated heterocycles. The second-order valence-corrected chi connectivity index (χ2v) is 3.83. The zero-order chi connectivity index (χ0) is 11.3. The van der Waals surface area contributed by atoms with Gasteiger partial charge in [0.2, 0.25) is 0 Å². The molecular formula is C13H15O2Y-. The van der Waals surface area contributed by atoms with Gasteiger partial charge in [0.15, 0.2) is 0 Å². The summed E-state index contributed by atoms with van der Waals surface area (Å²) in [6.07, 6.45) is 2.37. The van der Waals surface area contributed by atoms with Crippen molar-refractivity contribution in [3.05, 3.63) is 35.9 Å². The second-order valence-electron chi connectivity index (χ2n) is 3.83. The molecule has 0 saturated carbocycles. The van der Waals surface area contributed by atoms with Gasteiger partial charge in [0.25, 0.3) is 0 Å². The third kappa shape index (κ3) is 4.67. The molecule has 0 unspecified atom stereocenters. The van der Waals surface area contributed by atoms with Gasteiger partial charge in [-0.1, -0.05) is 37.3 Å². The first-order chi connectivity index (χ1) is 7.15. The summed E-state index contributed by atoms with van der Waals surface area (Å²) in [5.74, 6) is -0.177. The van der Waals surface area contributed by atoms with Gasteiger partial charge in [-0.15, -0.1) is 5.92 Å². The Hall–Kier alpha value is -0.336. The predicted molar refractivity (Wildman–Crippen MR) is 59.3 cm³/mol. The van der Waals surface area contributed by atoms with Crippen LogP contribution in [0, 0.1) is 5.92 Å². The van der Waals surface area contributed by atoms with Crippen molar-refractivity contribution in [2.45, 2.75) is 26.2 Å². The maximum Gasteiger partial charge on any atom is 0.130 e. The molecule has 0 aliphatic rings. The molecule has 0 aliphatic carbocycles. The van der Waals surface area contributed by atoms with Crippen LogP contribution in [0.15, 0.2) is 30.3 Å². The minimum atomic E-state index is -0.240. The van der Waals surface area contributed by atoms with Crippen molar-refractivity contribution in [2.75, 3.05) is 0 Å². The largest absolute Gasteiger partial charge is 0.542 e. The quantitative estimate of drug-likeness (QED) is 0.781. The van der Waals surface area contributed by atoms with Crippen molar-refractivity contribution in [3.63, 3.8) is 0 Å². The van der Waals surface area contributed by atoms with Crippen molar-refractivity contribution in [2.24, 2.45) is 5.92 Å². The number of hydrogen-bond acceptors (Lipinski definition) is 2. The summed E-state index contributed by atoms with van der Waals surface area (Å²) in [7, 11) is 0. The van der Waals surface area contributed by atoms with E-state index in [0.29, 0.717) is 6.42 Å². The third-order valence-electron chi connectivity index (χ3n) is 2.52. The Balaban J connectivity index is 0.00000225. The zero-order valence-electron chi connectivity index (χ0n) is 9.64. The van der Waals surface area contributed by atoms with E-state index in [1.165, 1.54) is 0 Å². The number of carbonyl (C=O) groups is 1. The Bertz CT molecular complexity index is 335. The van der Waals surface area contributed by atoms with Gasteiger partial charge in [-0.3, -0.25) is 6.29 Å². The van der Waals surface area contributed by atoms with E-state index in [1.807, 2.05) is 36.6 Å². The molecule has 2 atom stereocenters. The van der Waals surface area contributed by atoms with E-state index in [-0.39, 0.29) is 50.3 Å². The number of Topliss-reactive ketones (excluding diaryl/α,β-unsaturated/α-hetero) is 1. The van der Waals surface area contributed by atoms with Crippen LogP contribution in [0.1, 0.15) is 31.7 Å². The molecule has 0 bridgehead atoms. The molecular weight excluding hydrogens is 277 g/mol. The van der Waals surface area contributed by atoms with Gasteiger partial charge in [-0.2, -0.15) is 0 Å². The average Bonchev–Trinajstić information content (AvgIpc) is 2.26. The molecule has 16 heavy (non-hydrogen) atoms. The monoisotopic (exact) mass is 292 g/mol. The number of benzene rings is 1. The Morgan fingerprint density at radius 3 is 2.31 bits per heavy atom. The summed E-state index contributed by atoms with van der Waals surface area (Å²) in [5, 5.41) is 0. The van der Waals surface area contributed by atoms with Crippen LogP contribution < -0.4 is 0 Å². The van der Waals surface area contributed by atoms with Crippen LogP contribution in [-0.2, 0) is 42.3 Å². The second kappa shape index (κ2) is 7.86. The topological polar surface area (TPSA) is 34.1 Å². The van der Waals surface area contributed by atoms with Crippen molar-refractivity contribution in [1.29, 1.82) is 0 Å². The van der Waals surface area contributed by atoms with Crippen LogP contribution in [-0.4, -0.2) is 12.1 Å². The Labute approximate surface area is 122 Å². The van der Waals surface area contributed by atoms with Gasteiger partial charge in [0, 0.05) is 39.1 Å². The van der Waals surface area contributed by atoms with Crippen molar-refractivity contribution in [3.8, 4) is 0 Å². The molecule has 0 heterocycles. The van der Waals surface area contributed by atoms with Crippen molar-refractivity contribution < 1.29 is 42.3 Å². The van der Waals surface area contributed by atoms with Crippen LogP contribution in [0.3, 0.4) is 0 Å². The Morgan fingerprint density at radius 1 is 1.31 bits per heavy atom. The first-order valence-electron chi connectivity index (χ1n) is 5.07. The zero-order valence-corrected chi connectivity index (χ0v) is 12.5. The maximum absolute atomic E-state index is 11.1. The van der Waals surface area contributed by atoms with E-state index in [9.17, 15) is 9.59 Å². The number of rotatable bonds is 5. The van der Waals surface area contributed by atoms with Gasteiger partial charge in [-0.25, -0.2) is 0 Å². The minimum absolute atomic E-state index is 0. The van der Waals surface area contributed by atoms with Crippen LogP contribution in [0.4, 0.5) is 0 Å². The standard InChI is InChI=1S/C13H15O2.Y/c1-10(9-14)13(8-11(2)15)12-6-4-3-5-7-12;/h3-7,10,13H,8H2,1-2H3;/q-1;/t10-,13-;/m0./s1. The maximum atomic E-state index is 11.1. The fourth-order valence-electron chi connectivity index (χ4n) is 1.68. The first-order valence-corrected chi connectivity index (χ1v) is 5.07. The SMILES string of the molecule is CC(=O)C[C@H](c1ccccc1)[C@@H](C)[C-]=O.[Y]. The smallest absolute Gasteiger partial charge is 0.130 e. The minimum Gasteiger partial charge on any atom is -0.542 e. The molecule has 0 N–H and O–H groups in total. The molecule has 83 valence electrons. The van der Waals surface area contributed by atoms with E-state index in [4.69, 9.17) is 0 Å². The summed E-state index contributed by atoms with van der Waals surface area (Å²) in [6.45, 7) is 3.35.